The fraction of sp³-hybridized carbons (Fsp3) is 0.250. The average molecular weight is 478 g/mol. The molecule has 0 saturated carbocycles. The predicted octanol–water partition coefficient (Wildman–Crippen LogP) is 2.49. The second-order valence-corrected chi connectivity index (χ2v) is 6.47. The first-order valence-corrected chi connectivity index (χ1v) is 8.58. The molecule has 0 aliphatic carbocycles. The number of anilines is 1. The van der Waals surface area contributed by atoms with E-state index in [1.54, 1.807) is 0 Å². The van der Waals surface area contributed by atoms with Crippen molar-refractivity contribution < 1.29 is 22.4 Å². The van der Waals surface area contributed by atoms with Crippen LogP contribution < -0.4 is 21.9 Å². The number of carbonyl (C=O) groups is 1. The summed E-state index contributed by atoms with van der Waals surface area (Å²) in [4.78, 5) is 36.3. The molecule has 0 atom stereocenters. The Bertz CT molecular complexity index is 1120. The zero-order valence-corrected chi connectivity index (χ0v) is 16.2. The van der Waals surface area contributed by atoms with Crippen molar-refractivity contribution in [3.05, 3.63) is 55.0 Å². The molecule has 2 aromatic rings. The van der Waals surface area contributed by atoms with Gasteiger partial charge in [0.05, 0.1) is 23.9 Å². The zero-order valence-electron chi connectivity index (χ0n) is 14.6. The van der Waals surface area contributed by atoms with Gasteiger partial charge in [0.1, 0.15) is 11.5 Å². The number of urea groups is 1. The van der Waals surface area contributed by atoms with Crippen molar-refractivity contribution in [3.8, 4) is 11.8 Å². The van der Waals surface area contributed by atoms with Crippen molar-refractivity contribution in [2.75, 3.05) is 11.9 Å². The van der Waals surface area contributed by atoms with E-state index in [4.69, 9.17) is 5.26 Å². The van der Waals surface area contributed by atoms with E-state index in [0.29, 0.717) is 0 Å². The minimum atomic E-state index is -4.96. The molecule has 1 heterocycles. The quantitative estimate of drug-likeness (QED) is 0.520. The van der Waals surface area contributed by atoms with E-state index in [1.165, 1.54) is 0 Å². The highest BCUT2D eigenvalue weighted by molar-refractivity contribution is 9.10. The smallest absolute Gasteiger partial charge is 0.337 e. The number of halogens is 5. The van der Waals surface area contributed by atoms with Gasteiger partial charge in [0, 0.05) is 24.1 Å². The highest BCUT2D eigenvalue weighted by Crippen LogP contribution is 2.29. The second-order valence-electron chi connectivity index (χ2n) is 5.62. The molecule has 0 aliphatic heterocycles. The van der Waals surface area contributed by atoms with Gasteiger partial charge in [0.25, 0.3) is 5.56 Å². The molecule has 2 rings (SSSR count). The topological polar surface area (TPSA) is 109 Å². The third kappa shape index (κ3) is 4.83. The minimum absolute atomic E-state index is 0.0346. The second kappa shape index (κ2) is 8.48. The molecule has 0 aliphatic rings. The summed E-state index contributed by atoms with van der Waals surface area (Å²) in [5.74, 6) is -1.09. The molecule has 0 spiro atoms. The molecule has 0 bridgehead atoms. The molecular formula is C16H12BrF4N5O3. The molecule has 0 radical (unpaired) electrons. The van der Waals surface area contributed by atoms with Gasteiger partial charge < -0.3 is 10.6 Å². The fourth-order valence-corrected chi connectivity index (χ4v) is 2.74. The Labute approximate surface area is 168 Å². The number of rotatable bonds is 4. The Hall–Kier alpha value is -3.14. The number of aromatic nitrogens is 2. The van der Waals surface area contributed by atoms with Crippen molar-refractivity contribution in [1.82, 2.24) is 14.5 Å². The number of nitrogens with zero attached hydrogens (tertiary/aromatic N) is 3. The number of nitrogens with one attached hydrogen (secondary N) is 2. The van der Waals surface area contributed by atoms with Gasteiger partial charge in [-0.05, 0) is 28.1 Å². The van der Waals surface area contributed by atoms with Crippen LogP contribution in [-0.4, -0.2) is 21.7 Å². The van der Waals surface area contributed by atoms with Gasteiger partial charge in [0.15, 0.2) is 0 Å². The summed E-state index contributed by atoms with van der Waals surface area (Å²) in [5, 5.41) is 13.1. The Morgan fingerprint density at radius 1 is 1.28 bits per heavy atom. The molecule has 1 aromatic carbocycles. The molecule has 154 valence electrons. The fourth-order valence-electron chi connectivity index (χ4n) is 2.32. The molecule has 13 heteroatoms. The number of nitriles is 1. The number of hydrogen-bond acceptors (Lipinski definition) is 4. The van der Waals surface area contributed by atoms with Crippen LogP contribution in [0.15, 0.2) is 32.3 Å². The van der Waals surface area contributed by atoms with Crippen LogP contribution in [0.1, 0.15) is 12.1 Å². The molecule has 8 nitrogen and oxygen atoms in total. The van der Waals surface area contributed by atoms with Crippen LogP contribution in [0.5, 0.6) is 0 Å². The van der Waals surface area contributed by atoms with Crippen LogP contribution in [0.3, 0.4) is 0 Å². The normalized spacial score (nSPS) is 11.1. The van der Waals surface area contributed by atoms with Crippen molar-refractivity contribution in [2.24, 2.45) is 7.05 Å². The Balaban J connectivity index is 2.55. The summed E-state index contributed by atoms with van der Waals surface area (Å²) in [7, 11) is 0.791. The Kier molecular flexibility index (Phi) is 6.48. The average Bonchev–Trinajstić information content (AvgIpc) is 2.61. The number of carbonyl (C=O) groups excluding carboxylic acids is 1. The van der Waals surface area contributed by atoms with Crippen LogP contribution in [0.4, 0.5) is 28.0 Å². The van der Waals surface area contributed by atoms with Gasteiger partial charge in [-0.2, -0.15) is 18.4 Å². The first-order chi connectivity index (χ1) is 13.5. The Morgan fingerprint density at radius 3 is 2.52 bits per heavy atom. The minimum Gasteiger partial charge on any atom is -0.337 e. The van der Waals surface area contributed by atoms with Crippen LogP contribution in [0.2, 0.25) is 0 Å². The summed E-state index contributed by atoms with van der Waals surface area (Å²) in [6.45, 7) is 0.0346. The van der Waals surface area contributed by atoms with Gasteiger partial charge in [-0.3, -0.25) is 9.36 Å². The van der Waals surface area contributed by atoms with Crippen molar-refractivity contribution in [3.63, 3.8) is 0 Å². The highest BCUT2D eigenvalue weighted by atomic mass is 79.9. The van der Waals surface area contributed by atoms with Gasteiger partial charge in [0.2, 0.25) is 0 Å². The number of hydrogen-bond donors (Lipinski definition) is 2. The first-order valence-electron chi connectivity index (χ1n) is 7.79. The van der Waals surface area contributed by atoms with Crippen LogP contribution in [0, 0.1) is 17.1 Å². The van der Waals surface area contributed by atoms with E-state index < -0.39 is 40.7 Å². The maximum Gasteiger partial charge on any atom is 0.431 e. The first kappa shape index (κ1) is 22.2. The van der Waals surface area contributed by atoms with E-state index in [9.17, 15) is 31.9 Å². The lowest BCUT2D eigenvalue weighted by molar-refractivity contribution is -0.144. The van der Waals surface area contributed by atoms with Gasteiger partial charge in [-0.15, -0.1) is 0 Å². The molecular weight excluding hydrogens is 466 g/mol. The van der Waals surface area contributed by atoms with Crippen LogP contribution in [0.25, 0.3) is 5.69 Å². The highest BCUT2D eigenvalue weighted by Gasteiger charge is 2.35. The predicted molar refractivity (Wildman–Crippen MR) is 97.2 cm³/mol. The largest absolute Gasteiger partial charge is 0.431 e. The van der Waals surface area contributed by atoms with E-state index in [1.807, 2.05) is 6.07 Å². The van der Waals surface area contributed by atoms with E-state index in [0.717, 1.165) is 19.2 Å². The summed E-state index contributed by atoms with van der Waals surface area (Å²) in [6.07, 6.45) is -4.92. The maximum absolute atomic E-state index is 14.4. The maximum atomic E-state index is 14.4. The zero-order chi connectivity index (χ0) is 21.9. The summed E-state index contributed by atoms with van der Waals surface area (Å²) in [6, 6.07) is 2.98. The van der Waals surface area contributed by atoms with Crippen LogP contribution >= 0.6 is 15.9 Å². The Morgan fingerprint density at radius 2 is 1.93 bits per heavy atom. The third-order valence-electron chi connectivity index (χ3n) is 3.66. The lowest BCUT2D eigenvalue weighted by atomic mass is 10.2. The number of amides is 2. The monoisotopic (exact) mass is 477 g/mol. The number of alkyl halides is 3. The standard InChI is InChI=1S/C16H12BrF4N5O3/c1-25-12(16(19,20)21)7-13(27)26(15(25)29)11-6-10(8(17)5-9(11)18)24-14(28)23-4-2-3-22/h5-7H,2,4H2,1H3,(H2,23,24,28). The molecule has 0 saturated heterocycles. The molecule has 0 unspecified atom stereocenters. The number of benzene rings is 1. The summed E-state index contributed by atoms with van der Waals surface area (Å²) < 4.78 is 53.7. The molecule has 0 fully saturated rings. The molecule has 2 N–H and O–H groups in total. The van der Waals surface area contributed by atoms with Crippen molar-refractivity contribution in [2.45, 2.75) is 12.6 Å². The van der Waals surface area contributed by atoms with E-state index >= 15 is 0 Å². The molecule has 2 amide bonds. The van der Waals surface area contributed by atoms with Crippen molar-refractivity contribution in [1.29, 1.82) is 5.26 Å². The van der Waals surface area contributed by atoms with Crippen molar-refractivity contribution >= 4 is 27.6 Å². The van der Waals surface area contributed by atoms with Gasteiger partial charge >= 0.3 is 17.9 Å². The third-order valence-corrected chi connectivity index (χ3v) is 4.31. The van der Waals surface area contributed by atoms with Gasteiger partial charge in [-0.1, -0.05) is 0 Å². The van der Waals surface area contributed by atoms with Crippen LogP contribution in [-0.2, 0) is 13.2 Å². The summed E-state index contributed by atoms with van der Waals surface area (Å²) >= 11 is 3.00. The summed E-state index contributed by atoms with van der Waals surface area (Å²) in [5.41, 5.74) is -5.03. The lowest BCUT2D eigenvalue weighted by Gasteiger charge is -2.15. The van der Waals surface area contributed by atoms with Gasteiger partial charge in [-0.25, -0.2) is 18.5 Å². The molecule has 29 heavy (non-hydrogen) atoms. The van der Waals surface area contributed by atoms with E-state index in [2.05, 4.69) is 26.6 Å². The SMILES string of the molecule is Cn1c(C(F)(F)F)cc(=O)n(-c2cc(NC(=O)NCCC#N)c(Br)cc2F)c1=O. The molecule has 1 aromatic heterocycles. The lowest BCUT2D eigenvalue weighted by Crippen LogP contribution is -2.41. The van der Waals surface area contributed by atoms with E-state index in [-0.39, 0.29) is 38.3 Å².